The van der Waals surface area contributed by atoms with Gasteiger partial charge in [0.15, 0.2) is 5.82 Å². The van der Waals surface area contributed by atoms with Crippen LogP contribution in [-0.2, 0) is 0 Å². The first-order chi connectivity index (χ1) is 9.54. The highest BCUT2D eigenvalue weighted by Crippen LogP contribution is 2.28. The molecule has 0 spiro atoms. The Morgan fingerprint density at radius 1 is 1.10 bits per heavy atom. The van der Waals surface area contributed by atoms with Crippen molar-refractivity contribution in [1.29, 1.82) is 0 Å². The Morgan fingerprint density at radius 3 is 2.50 bits per heavy atom. The monoisotopic (exact) mass is 289 g/mol. The van der Waals surface area contributed by atoms with Crippen LogP contribution in [-0.4, -0.2) is 16.7 Å². The maximum absolute atomic E-state index is 6.20. The fraction of sp³-hybridized carbons (Fsp3) is 0.375. The highest BCUT2D eigenvalue weighted by molar-refractivity contribution is 6.31. The van der Waals surface area contributed by atoms with E-state index in [0.717, 1.165) is 51.8 Å². The number of aromatic nitrogens is 2. The van der Waals surface area contributed by atoms with Crippen LogP contribution in [0.1, 0.15) is 30.0 Å². The van der Waals surface area contributed by atoms with E-state index < -0.39 is 0 Å². The third-order valence-electron chi connectivity index (χ3n) is 3.51. The highest BCUT2D eigenvalue weighted by Gasteiger charge is 2.11. The van der Waals surface area contributed by atoms with Gasteiger partial charge < -0.3 is 5.32 Å². The van der Waals surface area contributed by atoms with Crippen molar-refractivity contribution in [3.8, 4) is 11.3 Å². The van der Waals surface area contributed by atoms with Gasteiger partial charge in [-0.05, 0) is 49.9 Å². The normalized spacial score (nSPS) is 10.7. The zero-order chi connectivity index (χ0) is 14.7. The van der Waals surface area contributed by atoms with Gasteiger partial charge in [0.1, 0.15) is 0 Å². The van der Waals surface area contributed by atoms with Crippen LogP contribution in [0, 0.1) is 20.8 Å². The minimum absolute atomic E-state index is 0.759. The summed E-state index contributed by atoms with van der Waals surface area (Å²) in [4.78, 5) is 0. The van der Waals surface area contributed by atoms with E-state index in [0.29, 0.717) is 0 Å². The molecule has 2 aromatic rings. The predicted molar refractivity (Wildman–Crippen MR) is 85.5 cm³/mol. The van der Waals surface area contributed by atoms with E-state index in [1.54, 1.807) is 0 Å². The first kappa shape index (κ1) is 14.8. The lowest BCUT2D eigenvalue weighted by molar-refractivity contribution is 0.933. The fourth-order valence-corrected chi connectivity index (χ4v) is 2.21. The molecule has 3 nitrogen and oxygen atoms in total. The minimum atomic E-state index is 0.759. The molecule has 1 heterocycles. The van der Waals surface area contributed by atoms with E-state index in [4.69, 9.17) is 11.6 Å². The number of hydrogen-bond acceptors (Lipinski definition) is 3. The summed E-state index contributed by atoms with van der Waals surface area (Å²) in [6.07, 6.45) is 1.06. The average molecular weight is 290 g/mol. The highest BCUT2D eigenvalue weighted by atomic mass is 35.5. The second-order valence-electron chi connectivity index (χ2n) is 5.04. The van der Waals surface area contributed by atoms with E-state index in [1.165, 1.54) is 0 Å². The fourth-order valence-electron chi connectivity index (χ4n) is 2.03. The number of anilines is 1. The predicted octanol–water partition coefficient (Wildman–Crippen LogP) is 4.54. The van der Waals surface area contributed by atoms with Crippen molar-refractivity contribution in [2.24, 2.45) is 0 Å². The lowest BCUT2D eigenvalue weighted by Crippen LogP contribution is -2.07. The number of aryl methyl sites for hydroxylation is 1. The molecular weight excluding hydrogens is 270 g/mol. The maximum atomic E-state index is 6.20. The van der Waals surface area contributed by atoms with Gasteiger partial charge in [-0.25, -0.2) is 0 Å². The van der Waals surface area contributed by atoms with Gasteiger partial charge in [-0.15, -0.1) is 10.2 Å². The molecule has 0 aliphatic rings. The first-order valence-corrected chi connectivity index (χ1v) is 7.26. The summed E-state index contributed by atoms with van der Waals surface area (Å²) in [7, 11) is 0. The molecule has 1 aromatic carbocycles. The zero-order valence-corrected chi connectivity index (χ0v) is 13.2. The maximum Gasteiger partial charge on any atom is 0.151 e. The Bertz CT molecular complexity index is 623. The Labute approximate surface area is 125 Å². The molecule has 1 aromatic heterocycles. The Kier molecular flexibility index (Phi) is 4.61. The second-order valence-corrected chi connectivity index (χ2v) is 5.45. The molecule has 106 valence electrons. The summed E-state index contributed by atoms with van der Waals surface area (Å²) in [5.41, 5.74) is 5.25. The topological polar surface area (TPSA) is 37.8 Å². The van der Waals surface area contributed by atoms with Crippen molar-refractivity contribution < 1.29 is 0 Å². The van der Waals surface area contributed by atoms with Crippen LogP contribution in [0.5, 0.6) is 0 Å². The smallest absolute Gasteiger partial charge is 0.151 e. The number of rotatable bonds is 4. The summed E-state index contributed by atoms with van der Waals surface area (Å²) in [6.45, 7) is 9.18. The number of benzene rings is 1. The van der Waals surface area contributed by atoms with Gasteiger partial charge >= 0.3 is 0 Å². The first-order valence-electron chi connectivity index (χ1n) is 6.88. The van der Waals surface area contributed by atoms with Gasteiger partial charge in [0.2, 0.25) is 0 Å². The number of nitrogens with one attached hydrogen (secondary N) is 1. The molecule has 0 amide bonds. The molecule has 0 saturated carbocycles. The molecule has 0 aliphatic carbocycles. The molecule has 0 atom stereocenters. The van der Waals surface area contributed by atoms with E-state index in [1.807, 2.05) is 25.1 Å². The Balaban J connectivity index is 2.42. The lowest BCUT2D eigenvalue weighted by Gasteiger charge is -2.13. The van der Waals surface area contributed by atoms with Crippen LogP contribution in [0.4, 0.5) is 5.82 Å². The van der Waals surface area contributed by atoms with E-state index in [2.05, 4.69) is 36.3 Å². The molecule has 4 heteroatoms. The van der Waals surface area contributed by atoms with Crippen molar-refractivity contribution in [2.75, 3.05) is 11.9 Å². The van der Waals surface area contributed by atoms with Crippen molar-refractivity contribution in [2.45, 2.75) is 34.1 Å². The third kappa shape index (κ3) is 2.93. The van der Waals surface area contributed by atoms with Gasteiger partial charge in [0, 0.05) is 17.1 Å². The van der Waals surface area contributed by atoms with Crippen molar-refractivity contribution in [1.82, 2.24) is 10.2 Å². The van der Waals surface area contributed by atoms with Gasteiger partial charge in [0.05, 0.1) is 5.69 Å². The number of nitrogens with zero attached hydrogens (tertiary/aromatic N) is 2. The molecule has 2 rings (SSSR count). The van der Waals surface area contributed by atoms with Crippen molar-refractivity contribution >= 4 is 17.4 Å². The summed E-state index contributed by atoms with van der Waals surface area (Å²) in [5.74, 6) is 0.867. The van der Waals surface area contributed by atoms with Crippen LogP contribution in [0.2, 0.25) is 5.02 Å². The van der Waals surface area contributed by atoms with Crippen molar-refractivity contribution in [3.63, 3.8) is 0 Å². The molecule has 0 bridgehead atoms. The number of halogens is 1. The zero-order valence-electron chi connectivity index (χ0n) is 12.4. The van der Waals surface area contributed by atoms with Crippen LogP contribution in [0.3, 0.4) is 0 Å². The van der Waals surface area contributed by atoms with Gasteiger partial charge in [-0.2, -0.15) is 0 Å². The molecule has 0 aliphatic heterocycles. The van der Waals surface area contributed by atoms with E-state index in [9.17, 15) is 0 Å². The summed E-state index contributed by atoms with van der Waals surface area (Å²) >= 11 is 6.20. The van der Waals surface area contributed by atoms with E-state index >= 15 is 0 Å². The van der Waals surface area contributed by atoms with Crippen LogP contribution < -0.4 is 5.32 Å². The van der Waals surface area contributed by atoms with Crippen LogP contribution in [0.15, 0.2) is 18.2 Å². The standard InChI is InChI=1S/C16H20ClN3/c1-5-8-18-16-12(4)11(3)15(19-20-16)13-7-6-10(2)14(17)9-13/h6-7,9H,5,8H2,1-4H3,(H,18,20). The largest absolute Gasteiger partial charge is 0.368 e. The van der Waals surface area contributed by atoms with Gasteiger partial charge in [-0.3, -0.25) is 0 Å². The van der Waals surface area contributed by atoms with Crippen molar-refractivity contribution in [3.05, 3.63) is 39.9 Å². The van der Waals surface area contributed by atoms with Gasteiger partial charge in [0.25, 0.3) is 0 Å². The second kappa shape index (κ2) is 6.23. The molecule has 0 radical (unpaired) electrons. The number of hydrogen-bond donors (Lipinski definition) is 1. The summed E-state index contributed by atoms with van der Waals surface area (Å²) in [6, 6.07) is 6.00. The van der Waals surface area contributed by atoms with E-state index in [-0.39, 0.29) is 0 Å². The minimum Gasteiger partial charge on any atom is -0.368 e. The third-order valence-corrected chi connectivity index (χ3v) is 3.92. The molecule has 20 heavy (non-hydrogen) atoms. The summed E-state index contributed by atoms with van der Waals surface area (Å²) < 4.78 is 0. The average Bonchev–Trinajstić information content (AvgIpc) is 2.44. The van der Waals surface area contributed by atoms with Crippen LogP contribution >= 0.6 is 11.6 Å². The van der Waals surface area contributed by atoms with Gasteiger partial charge in [-0.1, -0.05) is 30.7 Å². The molecule has 0 unspecified atom stereocenters. The SMILES string of the molecule is CCCNc1nnc(-c2ccc(C)c(Cl)c2)c(C)c1C. The van der Waals surface area contributed by atoms with Crippen LogP contribution in [0.25, 0.3) is 11.3 Å². The molecular formula is C16H20ClN3. The summed E-state index contributed by atoms with van der Waals surface area (Å²) in [5, 5.41) is 12.7. The quantitative estimate of drug-likeness (QED) is 0.897. The lowest BCUT2D eigenvalue weighted by atomic mass is 10.0. The Morgan fingerprint density at radius 2 is 1.85 bits per heavy atom. The Hall–Kier alpha value is -1.61. The molecule has 0 saturated heterocycles. The molecule has 0 fully saturated rings. The molecule has 1 N–H and O–H groups in total.